The van der Waals surface area contributed by atoms with E-state index >= 15 is 0 Å². The predicted molar refractivity (Wildman–Crippen MR) is 115 cm³/mol. The number of fused-ring (bicyclic) bond motifs is 2. The van der Waals surface area contributed by atoms with E-state index in [4.69, 9.17) is 23.7 Å². The number of methoxy groups -OCH3 is 2. The number of carbonyl (C=O) groups excluding carboxylic acids is 4. The first kappa shape index (κ1) is 26.2. The van der Waals surface area contributed by atoms with Crippen molar-refractivity contribution in [3.63, 3.8) is 0 Å². The Hall–Kier alpha value is -3.08. The van der Waals surface area contributed by atoms with Gasteiger partial charge in [-0.3, -0.25) is 0 Å². The lowest BCUT2D eigenvalue weighted by Gasteiger charge is -2.20. The van der Waals surface area contributed by atoms with Crippen LogP contribution in [0.25, 0.3) is 0 Å². The molecular formula is C22H32N2O9. The van der Waals surface area contributed by atoms with Gasteiger partial charge in [0.25, 0.3) is 0 Å². The topological polar surface area (TPSA) is 138 Å². The summed E-state index contributed by atoms with van der Waals surface area (Å²) in [5, 5.41) is 5.26. The lowest BCUT2D eigenvalue weighted by atomic mass is 9.86. The minimum Gasteiger partial charge on any atom is -0.466 e. The van der Waals surface area contributed by atoms with Gasteiger partial charge in [-0.25, -0.2) is 19.2 Å². The largest absolute Gasteiger partial charge is 0.466 e. The van der Waals surface area contributed by atoms with Crippen LogP contribution in [-0.4, -0.2) is 76.9 Å². The molecule has 2 bridgehead atoms. The molecule has 0 saturated heterocycles. The molecule has 0 radical (unpaired) electrons. The first-order chi connectivity index (χ1) is 15.9. The Balaban J connectivity index is 2.22. The highest BCUT2D eigenvalue weighted by Gasteiger charge is 2.52. The Kier molecular flexibility index (Phi) is 10.2. The van der Waals surface area contributed by atoms with E-state index in [1.54, 1.807) is 0 Å². The Morgan fingerprint density at radius 3 is 1.48 bits per heavy atom. The van der Waals surface area contributed by atoms with Gasteiger partial charge in [0, 0.05) is 24.2 Å². The van der Waals surface area contributed by atoms with Crippen molar-refractivity contribution in [2.24, 2.45) is 0 Å². The van der Waals surface area contributed by atoms with Gasteiger partial charge in [-0.15, -0.1) is 0 Å². The van der Waals surface area contributed by atoms with Crippen LogP contribution in [0.2, 0.25) is 0 Å². The first-order valence-electron chi connectivity index (χ1n) is 11.0. The molecule has 0 aromatic rings. The molecule has 0 aliphatic carbocycles. The van der Waals surface area contributed by atoms with E-state index in [1.165, 1.54) is 14.2 Å². The standard InChI is InChI=1S/C22H32N2O9/c1-5-7-9-23-21(27)31-11-13-14(12-32-22(28)24-10-8-6-2)18-16(20(26)30-4)15(17(13)33-18)19(25)29-3/h17-18H,5-12H2,1-4H3,(H,23,27)(H,24,28)/t17-,18-/m0/s1. The van der Waals surface area contributed by atoms with Crippen LogP contribution < -0.4 is 10.6 Å². The number of ether oxygens (including phenoxy) is 5. The summed E-state index contributed by atoms with van der Waals surface area (Å²) in [4.78, 5) is 48.9. The second-order valence-corrected chi connectivity index (χ2v) is 7.47. The van der Waals surface area contributed by atoms with Gasteiger partial charge in [0.15, 0.2) is 0 Å². The monoisotopic (exact) mass is 468 g/mol. The van der Waals surface area contributed by atoms with Crippen LogP contribution in [0, 0.1) is 0 Å². The van der Waals surface area contributed by atoms with Crippen molar-refractivity contribution < 1.29 is 42.9 Å². The average Bonchev–Trinajstić information content (AvgIpc) is 3.36. The maximum Gasteiger partial charge on any atom is 0.407 e. The lowest BCUT2D eigenvalue weighted by molar-refractivity contribution is -0.139. The van der Waals surface area contributed by atoms with Crippen molar-refractivity contribution in [3.05, 3.63) is 22.3 Å². The lowest BCUT2D eigenvalue weighted by Crippen LogP contribution is -2.32. The number of hydrogen-bond donors (Lipinski definition) is 2. The molecule has 2 rings (SSSR count). The molecule has 0 aromatic carbocycles. The fraction of sp³-hybridized carbons (Fsp3) is 0.636. The Morgan fingerprint density at radius 1 is 0.758 bits per heavy atom. The molecule has 33 heavy (non-hydrogen) atoms. The molecule has 0 spiro atoms. The van der Waals surface area contributed by atoms with Crippen LogP contribution in [0.5, 0.6) is 0 Å². The third-order valence-electron chi connectivity index (χ3n) is 5.26. The number of amides is 2. The zero-order valence-corrected chi connectivity index (χ0v) is 19.5. The summed E-state index contributed by atoms with van der Waals surface area (Å²) in [5.74, 6) is -1.52. The molecule has 0 fully saturated rings. The number of carbonyl (C=O) groups is 4. The van der Waals surface area contributed by atoms with Crippen LogP contribution in [0.1, 0.15) is 39.5 Å². The van der Waals surface area contributed by atoms with Crippen molar-refractivity contribution in [1.29, 1.82) is 0 Å². The van der Waals surface area contributed by atoms with Gasteiger partial charge in [0.05, 0.1) is 25.4 Å². The smallest absolute Gasteiger partial charge is 0.407 e. The molecule has 2 amide bonds. The SMILES string of the molecule is CCCCNC(=O)OCC1=C(COC(=O)NCCCC)[C@@H]2O[C@@H]1C(C(=O)OC)=C2C(=O)OC. The zero-order chi connectivity index (χ0) is 24.4. The maximum atomic E-state index is 12.4. The summed E-state index contributed by atoms with van der Waals surface area (Å²) in [7, 11) is 2.36. The Labute approximate surface area is 192 Å². The van der Waals surface area contributed by atoms with Crippen LogP contribution in [-0.2, 0) is 33.3 Å². The van der Waals surface area contributed by atoms with Gasteiger partial charge < -0.3 is 34.3 Å². The second-order valence-electron chi connectivity index (χ2n) is 7.47. The number of alkyl carbamates (subject to hydrolysis) is 2. The molecule has 2 aliphatic rings. The molecule has 2 atom stereocenters. The summed E-state index contributed by atoms with van der Waals surface area (Å²) in [5.41, 5.74) is 0.797. The Bertz CT molecular complexity index is 755. The molecule has 184 valence electrons. The van der Waals surface area contributed by atoms with E-state index < -0.39 is 36.3 Å². The van der Waals surface area contributed by atoms with Crippen LogP contribution in [0.4, 0.5) is 9.59 Å². The Morgan fingerprint density at radius 2 is 1.15 bits per heavy atom. The zero-order valence-electron chi connectivity index (χ0n) is 19.5. The van der Waals surface area contributed by atoms with E-state index in [9.17, 15) is 19.2 Å². The molecule has 11 heteroatoms. The van der Waals surface area contributed by atoms with Gasteiger partial charge in [-0.2, -0.15) is 0 Å². The van der Waals surface area contributed by atoms with Crippen molar-refractivity contribution in [2.75, 3.05) is 40.5 Å². The molecule has 0 unspecified atom stereocenters. The quantitative estimate of drug-likeness (QED) is 0.190. The van der Waals surface area contributed by atoms with E-state index in [0.717, 1.165) is 25.7 Å². The van der Waals surface area contributed by atoms with Crippen molar-refractivity contribution in [1.82, 2.24) is 10.6 Å². The number of rotatable bonds is 12. The molecule has 0 saturated carbocycles. The number of hydrogen-bond acceptors (Lipinski definition) is 9. The number of unbranched alkanes of at least 4 members (excludes halogenated alkanes) is 2. The summed E-state index contributed by atoms with van der Waals surface area (Å²) in [6.07, 6.45) is 0.193. The maximum absolute atomic E-state index is 12.4. The number of nitrogens with one attached hydrogen (secondary N) is 2. The summed E-state index contributed by atoms with van der Waals surface area (Å²) >= 11 is 0. The third-order valence-corrected chi connectivity index (χ3v) is 5.26. The first-order valence-corrected chi connectivity index (χ1v) is 11.0. The van der Waals surface area contributed by atoms with Crippen molar-refractivity contribution >= 4 is 24.1 Å². The average molecular weight is 469 g/mol. The molecular weight excluding hydrogens is 436 g/mol. The fourth-order valence-electron chi connectivity index (χ4n) is 3.52. The van der Waals surface area contributed by atoms with Crippen LogP contribution >= 0.6 is 0 Å². The van der Waals surface area contributed by atoms with E-state index in [-0.39, 0.29) is 24.4 Å². The number of esters is 2. The van der Waals surface area contributed by atoms with Gasteiger partial charge in [0.1, 0.15) is 25.4 Å². The van der Waals surface area contributed by atoms with Gasteiger partial charge in [-0.05, 0) is 12.8 Å². The molecule has 11 nitrogen and oxygen atoms in total. The summed E-state index contributed by atoms with van der Waals surface area (Å²) in [6.45, 7) is 4.48. The highest BCUT2D eigenvalue weighted by Crippen LogP contribution is 2.44. The van der Waals surface area contributed by atoms with Crippen LogP contribution in [0.3, 0.4) is 0 Å². The molecule has 2 heterocycles. The normalized spacial score (nSPS) is 18.8. The molecule has 2 aliphatic heterocycles. The van der Waals surface area contributed by atoms with E-state index in [1.807, 2.05) is 13.8 Å². The summed E-state index contributed by atoms with van der Waals surface area (Å²) < 4.78 is 26.1. The minimum atomic E-state index is -0.984. The highest BCUT2D eigenvalue weighted by molar-refractivity contribution is 6.04. The van der Waals surface area contributed by atoms with Crippen molar-refractivity contribution in [2.45, 2.75) is 51.7 Å². The van der Waals surface area contributed by atoms with Gasteiger partial charge in [0.2, 0.25) is 0 Å². The summed E-state index contributed by atoms with van der Waals surface area (Å²) in [6, 6.07) is 0. The van der Waals surface area contributed by atoms with Gasteiger partial charge >= 0.3 is 24.1 Å². The third kappa shape index (κ3) is 6.47. The minimum absolute atomic E-state index is 0.0181. The second kappa shape index (κ2) is 12.8. The predicted octanol–water partition coefficient (Wildman–Crippen LogP) is 1.76. The van der Waals surface area contributed by atoms with Gasteiger partial charge in [-0.1, -0.05) is 26.7 Å². The molecule has 2 N–H and O–H groups in total. The van der Waals surface area contributed by atoms with E-state index in [2.05, 4.69) is 10.6 Å². The fourth-order valence-corrected chi connectivity index (χ4v) is 3.52. The van der Waals surface area contributed by atoms with Crippen molar-refractivity contribution in [3.8, 4) is 0 Å². The molecule has 0 aromatic heterocycles. The van der Waals surface area contributed by atoms with Crippen LogP contribution in [0.15, 0.2) is 22.3 Å². The van der Waals surface area contributed by atoms with E-state index in [0.29, 0.717) is 24.2 Å². The highest BCUT2D eigenvalue weighted by atomic mass is 16.6.